The van der Waals surface area contributed by atoms with E-state index in [1.807, 2.05) is 18.2 Å². The predicted octanol–water partition coefficient (Wildman–Crippen LogP) is 3.55. The number of hydrogen-bond donors (Lipinski definition) is 0. The third kappa shape index (κ3) is 2.90. The van der Waals surface area contributed by atoms with Gasteiger partial charge in [0, 0.05) is 16.9 Å². The van der Waals surface area contributed by atoms with Gasteiger partial charge in [-0.25, -0.2) is 0 Å². The second kappa shape index (κ2) is 7.00. The van der Waals surface area contributed by atoms with Crippen molar-refractivity contribution in [1.29, 1.82) is 0 Å². The van der Waals surface area contributed by atoms with E-state index in [9.17, 15) is 10.1 Å². The molecule has 0 aliphatic heterocycles. The molecule has 6 nitrogen and oxygen atoms in total. The molecule has 2 atom stereocenters. The molecule has 1 aromatic rings. The summed E-state index contributed by atoms with van der Waals surface area (Å²) in [6, 6.07) is 1.14. The average Bonchev–Trinajstić information content (AvgIpc) is 2.53. The van der Waals surface area contributed by atoms with Crippen molar-refractivity contribution in [2.24, 2.45) is 0 Å². The summed E-state index contributed by atoms with van der Waals surface area (Å²) in [6.07, 6.45) is 4.82. The first-order valence-electron chi connectivity index (χ1n) is 6.82. The van der Waals surface area contributed by atoms with E-state index < -0.39 is 6.04 Å². The Morgan fingerprint density at radius 1 is 1.09 bits per heavy atom. The van der Waals surface area contributed by atoms with Crippen molar-refractivity contribution in [3.05, 3.63) is 38.4 Å². The molecule has 0 saturated heterocycles. The Morgan fingerprint density at radius 2 is 1.68 bits per heavy atom. The molecule has 1 aliphatic rings. The van der Waals surface area contributed by atoms with Crippen molar-refractivity contribution < 1.29 is 19.1 Å². The van der Waals surface area contributed by atoms with Crippen LogP contribution in [-0.4, -0.2) is 32.3 Å². The lowest BCUT2D eigenvalue weighted by molar-refractivity contribution is -0.526. The van der Waals surface area contributed by atoms with Gasteiger partial charge >= 0.3 is 0 Å². The molecule has 0 radical (unpaired) electrons. The van der Waals surface area contributed by atoms with E-state index >= 15 is 0 Å². The molecule has 2 unspecified atom stereocenters. The maximum absolute atomic E-state index is 11.4. The molecule has 22 heavy (non-hydrogen) atoms. The lowest BCUT2D eigenvalue weighted by Gasteiger charge is -2.26. The van der Waals surface area contributed by atoms with Crippen LogP contribution in [0.4, 0.5) is 0 Å². The van der Waals surface area contributed by atoms with Gasteiger partial charge in [-0.05, 0) is 28.4 Å². The average molecular weight is 372 g/mol. The smallest absolute Gasteiger partial charge is 0.223 e. The van der Waals surface area contributed by atoms with Crippen molar-refractivity contribution >= 4 is 15.9 Å². The van der Waals surface area contributed by atoms with Crippen molar-refractivity contribution in [2.75, 3.05) is 21.3 Å². The number of nitrogens with zero attached hydrogens (tertiary/aromatic N) is 1. The molecule has 0 spiro atoms. The fourth-order valence-electron chi connectivity index (χ4n) is 2.84. The zero-order chi connectivity index (χ0) is 16.3. The van der Waals surface area contributed by atoms with Gasteiger partial charge in [-0.1, -0.05) is 12.2 Å². The topological polar surface area (TPSA) is 70.8 Å². The quantitative estimate of drug-likeness (QED) is 0.449. The fourth-order valence-corrected chi connectivity index (χ4v) is 3.43. The summed E-state index contributed by atoms with van der Waals surface area (Å²) in [5, 5.41) is 11.4. The Kier molecular flexibility index (Phi) is 5.28. The highest BCUT2D eigenvalue weighted by Gasteiger charge is 2.37. The Morgan fingerprint density at radius 3 is 2.23 bits per heavy atom. The first-order valence-corrected chi connectivity index (χ1v) is 7.61. The van der Waals surface area contributed by atoms with E-state index in [2.05, 4.69) is 15.9 Å². The number of nitro groups is 1. The van der Waals surface area contributed by atoms with Gasteiger partial charge in [-0.3, -0.25) is 10.1 Å². The van der Waals surface area contributed by atoms with Crippen LogP contribution >= 0.6 is 15.9 Å². The summed E-state index contributed by atoms with van der Waals surface area (Å²) >= 11 is 3.44. The van der Waals surface area contributed by atoms with Crippen LogP contribution in [0.15, 0.2) is 22.7 Å². The van der Waals surface area contributed by atoms with Crippen LogP contribution in [0, 0.1) is 10.1 Å². The number of benzene rings is 1. The zero-order valence-corrected chi connectivity index (χ0v) is 14.3. The van der Waals surface area contributed by atoms with Gasteiger partial charge in [0.05, 0.1) is 31.7 Å². The lowest BCUT2D eigenvalue weighted by Crippen LogP contribution is -2.29. The number of hydrogen-bond acceptors (Lipinski definition) is 5. The van der Waals surface area contributed by atoms with Crippen molar-refractivity contribution in [3.8, 4) is 17.2 Å². The fraction of sp³-hybridized carbons (Fsp3) is 0.467. The van der Waals surface area contributed by atoms with Gasteiger partial charge in [0.1, 0.15) is 0 Å². The van der Waals surface area contributed by atoms with Crippen LogP contribution in [0.5, 0.6) is 17.2 Å². The third-order valence-electron chi connectivity index (χ3n) is 3.86. The minimum atomic E-state index is -0.677. The molecular formula is C15H18BrNO5. The third-order valence-corrected chi connectivity index (χ3v) is 4.44. The SMILES string of the molecule is COc1c(Br)cc(C2CC=CCC2[N+](=O)[O-])c(OC)c1OC. The monoisotopic (exact) mass is 371 g/mol. The van der Waals surface area contributed by atoms with Crippen LogP contribution in [0.3, 0.4) is 0 Å². The predicted molar refractivity (Wildman–Crippen MR) is 85.7 cm³/mol. The standard InChI is InChI=1S/C15H18BrNO5/c1-20-13-10(8-11(16)14(21-2)15(13)22-3)9-6-4-5-7-12(9)17(18)19/h4-5,8-9,12H,6-7H2,1-3H3. The number of allylic oxidation sites excluding steroid dienone is 1. The molecule has 2 rings (SSSR count). The Labute approximate surface area is 137 Å². The molecule has 0 bridgehead atoms. The molecule has 0 N–H and O–H groups in total. The first-order chi connectivity index (χ1) is 10.5. The van der Waals surface area contributed by atoms with Gasteiger partial charge in [0.15, 0.2) is 11.5 Å². The van der Waals surface area contributed by atoms with Gasteiger partial charge in [0.2, 0.25) is 11.8 Å². The highest BCUT2D eigenvalue weighted by atomic mass is 79.9. The van der Waals surface area contributed by atoms with E-state index in [1.165, 1.54) is 21.3 Å². The second-order valence-electron chi connectivity index (χ2n) is 4.95. The summed E-state index contributed by atoms with van der Waals surface area (Å²) in [7, 11) is 4.57. The first kappa shape index (κ1) is 16.6. The zero-order valence-electron chi connectivity index (χ0n) is 12.7. The van der Waals surface area contributed by atoms with Crippen LogP contribution in [-0.2, 0) is 0 Å². The molecule has 0 aromatic heterocycles. The summed E-state index contributed by atoms with van der Waals surface area (Å²) in [5.41, 5.74) is 0.748. The van der Waals surface area contributed by atoms with Crippen LogP contribution < -0.4 is 14.2 Å². The molecular weight excluding hydrogens is 354 g/mol. The molecule has 0 heterocycles. The van der Waals surface area contributed by atoms with Gasteiger partial charge in [0.25, 0.3) is 0 Å². The molecule has 7 heteroatoms. The van der Waals surface area contributed by atoms with E-state index in [1.54, 1.807) is 0 Å². The number of methoxy groups -OCH3 is 3. The summed E-state index contributed by atoms with van der Waals surface area (Å²) in [5.74, 6) is 1.15. The molecule has 0 fully saturated rings. The molecule has 0 saturated carbocycles. The molecule has 1 aromatic carbocycles. The highest BCUT2D eigenvalue weighted by Crippen LogP contribution is 2.49. The van der Waals surface area contributed by atoms with Crippen LogP contribution in [0.2, 0.25) is 0 Å². The second-order valence-corrected chi connectivity index (χ2v) is 5.80. The maximum atomic E-state index is 11.4. The van der Waals surface area contributed by atoms with Gasteiger partial charge in [-0.15, -0.1) is 0 Å². The van der Waals surface area contributed by atoms with Crippen LogP contribution in [0.1, 0.15) is 24.3 Å². The van der Waals surface area contributed by atoms with E-state index in [-0.39, 0.29) is 10.8 Å². The van der Waals surface area contributed by atoms with Gasteiger partial charge in [-0.2, -0.15) is 0 Å². The summed E-state index contributed by atoms with van der Waals surface area (Å²) < 4.78 is 16.9. The van der Waals surface area contributed by atoms with E-state index in [0.717, 1.165) is 5.56 Å². The number of halogens is 1. The molecule has 120 valence electrons. The summed E-state index contributed by atoms with van der Waals surface area (Å²) in [6.45, 7) is 0. The number of ether oxygens (including phenoxy) is 3. The Hall–Kier alpha value is -1.76. The normalized spacial score (nSPS) is 20.5. The largest absolute Gasteiger partial charge is 0.492 e. The molecule has 1 aliphatic carbocycles. The van der Waals surface area contributed by atoms with Crippen molar-refractivity contribution in [2.45, 2.75) is 24.8 Å². The summed E-state index contributed by atoms with van der Waals surface area (Å²) in [4.78, 5) is 11.1. The van der Waals surface area contributed by atoms with Crippen molar-refractivity contribution in [1.82, 2.24) is 0 Å². The minimum Gasteiger partial charge on any atom is -0.492 e. The Balaban J connectivity index is 2.61. The van der Waals surface area contributed by atoms with E-state index in [0.29, 0.717) is 34.6 Å². The highest BCUT2D eigenvalue weighted by molar-refractivity contribution is 9.10. The van der Waals surface area contributed by atoms with E-state index in [4.69, 9.17) is 14.2 Å². The molecule has 0 amide bonds. The van der Waals surface area contributed by atoms with Crippen LogP contribution in [0.25, 0.3) is 0 Å². The number of rotatable bonds is 5. The maximum Gasteiger partial charge on any atom is 0.223 e. The van der Waals surface area contributed by atoms with Crippen molar-refractivity contribution in [3.63, 3.8) is 0 Å². The Bertz CT molecular complexity index is 602. The lowest BCUT2D eigenvalue weighted by atomic mass is 9.83. The van der Waals surface area contributed by atoms with Gasteiger partial charge < -0.3 is 14.2 Å². The minimum absolute atomic E-state index is 0.224.